The molecule has 0 saturated heterocycles. The zero-order valence-corrected chi connectivity index (χ0v) is 11.2. The second-order valence-corrected chi connectivity index (χ2v) is 4.73. The lowest BCUT2D eigenvalue weighted by Crippen LogP contribution is -2.43. The fourth-order valence-corrected chi connectivity index (χ4v) is 1.84. The van der Waals surface area contributed by atoms with Crippen molar-refractivity contribution in [2.24, 2.45) is 0 Å². The number of hydrogen-bond donors (Lipinski definition) is 0. The average Bonchev–Trinajstić information content (AvgIpc) is 2.20. The lowest BCUT2D eigenvalue weighted by molar-refractivity contribution is 0.122. The molecule has 0 aliphatic heterocycles. The molecule has 3 heteroatoms. The Morgan fingerprint density at radius 2 is 1.65 bits per heavy atom. The topological polar surface area (TPSA) is 29.5 Å². The van der Waals surface area contributed by atoms with Crippen LogP contribution in [0.1, 0.15) is 33.3 Å². The predicted octanol–water partition coefficient (Wildman–Crippen LogP) is 3.61. The maximum atomic E-state index is 12.1. The molecule has 0 radical (unpaired) electrons. The molecule has 0 spiro atoms. The molecule has 0 bridgehead atoms. The molecule has 1 amide bonds. The molecule has 17 heavy (non-hydrogen) atoms. The summed E-state index contributed by atoms with van der Waals surface area (Å²) in [6.07, 6.45) is -0.288. The summed E-state index contributed by atoms with van der Waals surface area (Å²) >= 11 is 0. The summed E-state index contributed by atoms with van der Waals surface area (Å²) in [7, 11) is 0. The number of nitrogens with zero attached hydrogens (tertiary/aromatic N) is 1. The van der Waals surface area contributed by atoms with E-state index in [-0.39, 0.29) is 18.2 Å². The molecule has 0 atom stereocenters. The Morgan fingerprint density at radius 3 is 2.12 bits per heavy atom. The van der Waals surface area contributed by atoms with Crippen molar-refractivity contribution in [1.29, 1.82) is 0 Å². The number of hydrogen-bond acceptors (Lipinski definition) is 2. The molecule has 1 rings (SSSR count). The molecule has 0 fully saturated rings. The van der Waals surface area contributed by atoms with Gasteiger partial charge >= 0.3 is 6.09 Å². The van der Waals surface area contributed by atoms with Gasteiger partial charge in [-0.05, 0) is 46.2 Å². The standard InChI is InChI=1S/C14H21NO2/c1-10(2)15(11(3)4)14(16)17-13-9-7-6-8-12(13)5/h6-11H,1-5H3. The fraction of sp³-hybridized carbons (Fsp3) is 0.500. The van der Waals surface area contributed by atoms with Crippen LogP contribution in [0.3, 0.4) is 0 Å². The van der Waals surface area contributed by atoms with Crippen molar-refractivity contribution in [2.45, 2.75) is 46.7 Å². The van der Waals surface area contributed by atoms with Crippen molar-refractivity contribution in [2.75, 3.05) is 0 Å². The first-order valence-corrected chi connectivity index (χ1v) is 5.99. The van der Waals surface area contributed by atoms with Crippen LogP contribution in [0.5, 0.6) is 5.75 Å². The van der Waals surface area contributed by atoms with Crippen LogP contribution in [0.15, 0.2) is 24.3 Å². The summed E-state index contributed by atoms with van der Waals surface area (Å²) < 4.78 is 5.42. The number of para-hydroxylation sites is 1. The van der Waals surface area contributed by atoms with Gasteiger partial charge in [0, 0.05) is 12.1 Å². The Labute approximate surface area is 103 Å². The molecule has 0 saturated carbocycles. The van der Waals surface area contributed by atoms with E-state index < -0.39 is 0 Å². The number of rotatable bonds is 3. The number of carbonyl (C=O) groups is 1. The monoisotopic (exact) mass is 235 g/mol. The SMILES string of the molecule is Cc1ccccc1OC(=O)N(C(C)C)C(C)C. The molecular weight excluding hydrogens is 214 g/mol. The van der Waals surface area contributed by atoms with E-state index in [4.69, 9.17) is 4.74 Å². The second-order valence-electron chi connectivity index (χ2n) is 4.73. The first-order chi connectivity index (χ1) is 7.93. The van der Waals surface area contributed by atoms with Gasteiger partial charge in [-0.25, -0.2) is 4.79 Å². The largest absolute Gasteiger partial charge is 0.415 e. The van der Waals surface area contributed by atoms with Gasteiger partial charge in [0.2, 0.25) is 0 Å². The molecule has 1 aromatic rings. The third kappa shape index (κ3) is 3.48. The van der Waals surface area contributed by atoms with Gasteiger partial charge in [-0.15, -0.1) is 0 Å². The van der Waals surface area contributed by atoms with Crippen molar-refractivity contribution in [3.05, 3.63) is 29.8 Å². The van der Waals surface area contributed by atoms with Crippen LogP contribution in [-0.2, 0) is 0 Å². The highest BCUT2D eigenvalue weighted by Gasteiger charge is 2.22. The normalized spacial score (nSPS) is 10.8. The molecule has 0 aliphatic carbocycles. The van der Waals surface area contributed by atoms with Gasteiger partial charge in [0.05, 0.1) is 0 Å². The molecule has 0 unspecified atom stereocenters. The molecule has 94 valence electrons. The molecule has 0 N–H and O–H groups in total. The third-order valence-electron chi connectivity index (χ3n) is 2.61. The quantitative estimate of drug-likeness (QED) is 0.801. The van der Waals surface area contributed by atoms with Crippen LogP contribution in [0.2, 0.25) is 0 Å². The van der Waals surface area contributed by atoms with Gasteiger partial charge in [-0.1, -0.05) is 18.2 Å². The second kappa shape index (κ2) is 5.71. The van der Waals surface area contributed by atoms with Gasteiger partial charge in [0.25, 0.3) is 0 Å². The van der Waals surface area contributed by atoms with Crippen molar-refractivity contribution >= 4 is 6.09 Å². The maximum absolute atomic E-state index is 12.1. The van der Waals surface area contributed by atoms with Gasteiger partial charge < -0.3 is 9.64 Å². The van der Waals surface area contributed by atoms with E-state index in [0.29, 0.717) is 5.75 Å². The van der Waals surface area contributed by atoms with Gasteiger partial charge in [-0.2, -0.15) is 0 Å². The van der Waals surface area contributed by atoms with E-state index in [0.717, 1.165) is 5.56 Å². The van der Waals surface area contributed by atoms with Crippen molar-refractivity contribution in [1.82, 2.24) is 4.90 Å². The molecule has 0 heterocycles. The number of carbonyl (C=O) groups excluding carboxylic acids is 1. The van der Waals surface area contributed by atoms with Crippen molar-refractivity contribution in [3.63, 3.8) is 0 Å². The van der Waals surface area contributed by atoms with Gasteiger partial charge in [-0.3, -0.25) is 0 Å². The summed E-state index contributed by atoms with van der Waals surface area (Å²) in [6.45, 7) is 9.87. The predicted molar refractivity (Wildman–Crippen MR) is 69.3 cm³/mol. The molecule has 0 aromatic heterocycles. The summed E-state index contributed by atoms with van der Waals surface area (Å²) in [4.78, 5) is 13.8. The average molecular weight is 235 g/mol. The zero-order chi connectivity index (χ0) is 13.0. The van der Waals surface area contributed by atoms with E-state index in [1.807, 2.05) is 58.9 Å². The molecule has 0 aliphatic rings. The first kappa shape index (κ1) is 13.6. The van der Waals surface area contributed by atoms with E-state index in [9.17, 15) is 4.79 Å². The Kier molecular flexibility index (Phi) is 4.55. The summed E-state index contributed by atoms with van der Waals surface area (Å²) in [5, 5.41) is 0. The Bertz CT molecular complexity index is 378. The van der Waals surface area contributed by atoms with Crippen LogP contribution >= 0.6 is 0 Å². The third-order valence-corrected chi connectivity index (χ3v) is 2.61. The number of aryl methyl sites for hydroxylation is 1. The summed E-state index contributed by atoms with van der Waals surface area (Å²) in [5.74, 6) is 0.629. The van der Waals surface area contributed by atoms with E-state index in [2.05, 4.69) is 0 Å². The summed E-state index contributed by atoms with van der Waals surface area (Å²) in [5.41, 5.74) is 0.966. The molecule has 1 aromatic carbocycles. The lowest BCUT2D eigenvalue weighted by Gasteiger charge is -2.29. The minimum atomic E-state index is -0.288. The highest BCUT2D eigenvalue weighted by atomic mass is 16.6. The highest BCUT2D eigenvalue weighted by molar-refractivity contribution is 5.71. The Hall–Kier alpha value is -1.51. The minimum Gasteiger partial charge on any atom is -0.410 e. The first-order valence-electron chi connectivity index (χ1n) is 5.99. The van der Waals surface area contributed by atoms with E-state index >= 15 is 0 Å². The van der Waals surface area contributed by atoms with Crippen LogP contribution in [-0.4, -0.2) is 23.1 Å². The van der Waals surface area contributed by atoms with Crippen LogP contribution < -0.4 is 4.74 Å². The number of ether oxygens (including phenoxy) is 1. The Balaban J connectivity index is 2.81. The molecule has 3 nitrogen and oxygen atoms in total. The number of amides is 1. The Morgan fingerprint density at radius 1 is 1.12 bits per heavy atom. The van der Waals surface area contributed by atoms with Crippen LogP contribution in [0, 0.1) is 6.92 Å². The van der Waals surface area contributed by atoms with Crippen LogP contribution in [0.4, 0.5) is 4.79 Å². The maximum Gasteiger partial charge on any atom is 0.415 e. The lowest BCUT2D eigenvalue weighted by atomic mass is 10.2. The van der Waals surface area contributed by atoms with E-state index in [1.165, 1.54) is 0 Å². The van der Waals surface area contributed by atoms with Crippen LogP contribution in [0.25, 0.3) is 0 Å². The number of benzene rings is 1. The highest BCUT2D eigenvalue weighted by Crippen LogP contribution is 2.18. The van der Waals surface area contributed by atoms with Gasteiger partial charge in [0.1, 0.15) is 5.75 Å². The van der Waals surface area contributed by atoms with Gasteiger partial charge in [0.15, 0.2) is 0 Å². The van der Waals surface area contributed by atoms with Crippen molar-refractivity contribution in [3.8, 4) is 5.75 Å². The van der Waals surface area contributed by atoms with E-state index in [1.54, 1.807) is 4.90 Å². The summed E-state index contributed by atoms with van der Waals surface area (Å²) in [6, 6.07) is 7.79. The van der Waals surface area contributed by atoms with Crippen molar-refractivity contribution < 1.29 is 9.53 Å². The fourth-order valence-electron chi connectivity index (χ4n) is 1.84. The zero-order valence-electron chi connectivity index (χ0n) is 11.2. The minimum absolute atomic E-state index is 0.131. The smallest absolute Gasteiger partial charge is 0.410 e. The molecular formula is C14H21NO2.